The Morgan fingerprint density at radius 1 is 1.08 bits per heavy atom. The maximum Gasteiger partial charge on any atom is 0.323 e. The summed E-state index contributed by atoms with van der Waals surface area (Å²) < 4.78 is 18.0. The van der Waals surface area contributed by atoms with Crippen molar-refractivity contribution in [2.24, 2.45) is 18.7 Å². The van der Waals surface area contributed by atoms with Crippen LogP contribution in [0.5, 0.6) is 0 Å². The first-order valence-corrected chi connectivity index (χ1v) is 11.7. The van der Waals surface area contributed by atoms with Crippen molar-refractivity contribution in [3.63, 3.8) is 0 Å². The zero-order valence-corrected chi connectivity index (χ0v) is 20.5. The molecule has 2 aromatic heterocycles. The van der Waals surface area contributed by atoms with Crippen LogP contribution in [0.25, 0.3) is 22.1 Å². The number of hydrogen-bond acceptors (Lipinski definition) is 9. The molecule has 0 saturated heterocycles. The van der Waals surface area contributed by atoms with Gasteiger partial charge in [-0.25, -0.2) is 4.98 Å². The number of benzene rings is 2. The summed E-state index contributed by atoms with van der Waals surface area (Å²) in [6.07, 6.45) is 0. The zero-order valence-electron chi connectivity index (χ0n) is 20.5. The second-order valence-electron chi connectivity index (χ2n) is 8.62. The predicted octanol–water partition coefficient (Wildman–Crippen LogP) is 2.73. The predicted molar refractivity (Wildman–Crippen MR) is 135 cm³/mol. The molecule has 1 atom stereocenters. The Balaban J connectivity index is 1.27. The van der Waals surface area contributed by atoms with Gasteiger partial charge >= 0.3 is 12.0 Å². The molecule has 4 rings (SSSR count). The van der Waals surface area contributed by atoms with Crippen LogP contribution < -0.4 is 16.4 Å². The standard InChI is InChI=1S/C25H30N6O5/c1-15(2)21(26)23(33)35-13-12-34-11-10-27-22(32)16-8-9-19-18(14-16)28-24(31(19)3)30-25-29-17-6-4-5-7-20(17)36-25/h4-9,14-15,21H,10-13,26H2,1-3H3,(H,27,32)(H,28,29,30). The van der Waals surface area contributed by atoms with Crippen LogP contribution >= 0.6 is 0 Å². The monoisotopic (exact) mass is 494 g/mol. The summed E-state index contributed by atoms with van der Waals surface area (Å²) in [5, 5.41) is 5.90. The Hall–Kier alpha value is -3.96. The van der Waals surface area contributed by atoms with E-state index >= 15 is 0 Å². The van der Waals surface area contributed by atoms with Crippen LogP contribution in [-0.4, -0.2) is 58.8 Å². The molecule has 0 saturated carbocycles. The van der Waals surface area contributed by atoms with Crippen LogP contribution in [0, 0.1) is 5.92 Å². The van der Waals surface area contributed by atoms with Gasteiger partial charge in [-0.2, -0.15) is 4.98 Å². The zero-order chi connectivity index (χ0) is 25.7. The molecule has 0 radical (unpaired) electrons. The third-order valence-electron chi connectivity index (χ3n) is 5.65. The van der Waals surface area contributed by atoms with Crippen LogP contribution in [0.15, 0.2) is 46.9 Å². The molecule has 0 aliphatic rings. The molecular formula is C25H30N6O5. The Morgan fingerprint density at radius 2 is 1.89 bits per heavy atom. The maximum absolute atomic E-state index is 12.6. The van der Waals surface area contributed by atoms with Crippen molar-refractivity contribution in [3.05, 3.63) is 48.0 Å². The van der Waals surface area contributed by atoms with Gasteiger partial charge in [0.1, 0.15) is 18.2 Å². The fraction of sp³-hybridized carbons (Fsp3) is 0.360. The van der Waals surface area contributed by atoms with E-state index in [0.29, 0.717) is 35.2 Å². The lowest BCUT2D eigenvalue weighted by molar-refractivity contribution is -0.147. The van der Waals surface area contributed by atoms with Gasteiger partial charge in [0, 0.05) is 19.2 Å². The molecule has 0 bridgehead atoms. The summed E-state index contributed by atoms with van der Waals surface area (Å²) >= 11 is 0. The smallest absolute Gasteiger partial charge is 0.323 e. The van der Waals surface area contributed by atoms with Gasteiger partial charge in [-0.05, 0) is 36.2 Å². The second kappa shape index (κ2) is 11.2. The molecule has 36 heavy (non-hydrogen) atoms. The fourth-order valence-electron chi connectivity index (χ4n) is 3.48. The molecule has 0 aliphatic heterocycles. The number of nitrogens with two attached hydrogens (primary N) is 1. The lowest BCUT2D eigenvalue weighted by Gasteiger charge is -2.14. The third-order valence-corrected chi connectivity index (χ3v) is 5.65. The topological polar surface area (TPSA) is 147 Å². The number of nitrogens with one attached hydrogen (secondary N) is 2. The number of aryl methyl sites for hydroxylation is 1. The number of hydrogen-bond donors (Lipinski definition) is 3. The molecule has 1 unspecified atom stereocenters. The van der Waals surface area contributed by atoms with Crippen LogP contribution in [0.3, 0.4) is 0 Å². The van der Waals surface area contributed by atoms with Crippen molar-refractivity contribution in [2.75, 3.05) is 31.7 Å². The van der Waals surface area contributed by atoms with E-state index < -0.39 is 12.0 Å². The average molecular weight is 495 g/mol. The summed E-state index contributed by atoms with van der Waals surface area (Å²) in [4.78, 5) is 33.2. The molecule has 11 heteroatoms. The number of ether oxygens (including phenoxy) is 2. The maximum atomic E-state index is 12.6. The summed E-state index contributed by atoms with van der Waals surface area (Å²) in [7, 11) is 1.87. The van der Waals surface area contributed by atoms with Gasteiger partial charge in [-0.1, -0.05) is 26.0 Å². The van der Waals surface area contributed by atoms with Gasteiger partial charge in [0.15, 0.2) is 5.58 Å². The van der Waals surface area contributed by atoms with Crippen molar-refractivity contribution in [1.82, 2.24) is 19.9 Å². The van der Waals surface area contributed by atoms with Crippen LogP contribution in [0.1, 0.15) is 24.2 Å². The van der Waals surface area contributed by atoms with E-state index in [1.165, 1.54) is 0 Å². The largest absolute Gasteiger partial charge is 0.462 e. The minimum atomic E-state index is -0.644. The van der Waals surface area contributed by atoms with E-state index in [9.17, 15) is 9.59 Å². The van der Waals surface area contributed by atoms with Gasteiger partial charge in [-0.3, -0.25) is 14.9 Å². The van der Waals surface area contributed by atoms with Crippen molar-refractivity contribution < 1.29 is 23.5 Å². The normalized spacial score (nSPS) is 12.2. The number of imidazole rings is 1. The first-order valence-electron chi connectivity index (χ1n) is 11.7. The third kappa shape index (κ3) is 5.81. The molecule has 0 aliphatic carbocycles. The average Bonchev–Trinajstić information content (AvgIpc) is 3.42. The molecule has 0 spiro atoms. The van der Waals surface area contributed by atoms with Gasteiger partial charge in [-0.15, -0.1) is 0 Å². The quantitative estimate of drug-likeness (QED) is 0.211. The van der Waals surface area contributed by atoms with Crippen molar-refractivity contribution in [3.8, 4) is 0 Å². The number of fused-ring (bicyclic) bond motifs is 2. The first kappa shape index (κ1) is 25.1. The second-order valence-corrected chi connectivity index (χ2v) is 8.62. The van der Waals surface area contributed by atoms with Gasteiger partial charge in [0.05, 0.1) is 24.2 Å². The van der Waals surface area contributed by atoms with E-state index in [4.69, 9.17) is 19.6 Å². The van der Waals surface area contributed by atoms with Crippen molar-refractivity contribution in [2.45, 2.75) is 19.9 Å². The number of oxazole rings is 1. The molecule has 11 nitrogen and oxygen atoms in total. The lowest BCUT2D eigenvalue weighted by atomic mass is 10.1. The highest BCUT2D eigenvalue weighted by Gasteiger charge is 2.18. The first-order chi connectivity index (χ1) is 17.3. The summed E-state index contributed by atoms with van der Waals surface area (Å²) in [6, 6.07) is 12.5. The van der Waals surface area contributed by atoms with E-state index in [-0.39, 0.29) is 31.6 Å². The highest BCUT2D eigenvalue weighted by molar-refractivity contribution is 5.97. The van der Waals surface area contributed by atoms with E-state index in [1.807, 2.05) is 55.8 Å². The summed E-state index contributed by atoms with van der Waals surface area (Å²) in [5.41, 5.74) is 9.13. The number of anilines is 2. The SMILES string of the molecule is CC(C)C(N)C(=O)OCCOCCNC(=O)c1ccc2c(c1)nc(Nc1nc3ccccc3o1)n2C. The minimum Gasteiger partial charge on any atom is -0.462 e. The number of carbonyl (C=O) groups excluding carboxylic acids is 2. The summed E-state index contributed by atoms with van der Waals surface area (Å²) in [6.45, 7) is 4.64. The number of aromatic nitrogens is 3. The molecule has 4 N–H and O–H groups in total. The van der Waals surface area contributed by atoms with Gasteiger partial charge in [0.25, 0.3) is 5.91 Å². The number of amides is 1. The molecular weight excluding hydrogens is 464 g/mol. The van der Waals surface area contributed by atoms with Crippen LogP contribution in [-0.2, 0) is 21.3 Å². The highest BCUT2D eigenvalue weighted by atomic mass is 16.6. The molecule has 2 heterocycles. The highest BCUT2D eigenvalue weighted by Crippen LogP contribution is 2.24. The molecule has 0 fully saturated rings. The fourth-order valence-corrected chi connectivity index (χ4v) is 3.48. The van der Waals surface area contributed by atoms with E-state index in [1.54, 1.807) is 12.1 Å². The summed E-state index contributed by atoms with van der Waals surface area (Å²) in [5.74, 6) is -0.138. The Morgan fingerprint density at radius 3 is 2.67 bits per heavy atom. The number of carbonyl (C=O) groups is 2. The number of rotatable bonds is 11. The Bertz CT molecular complexity index is 1330. The van der Waals surface area contributed by atoms with Gasteiger partial charge in [0.2, 0.25) is 5.95 Å². The van der Waals surface area contributed by atoms with Crippen molar-refractivity contribution >= 4 is 46.0 Å². The number of esters is 1. The van der Waals surface area contributed by atoms with E-state index in [2.05, 4.69) is 20.6 Å². The molecule has 1 amide bonds. The van der Waals surface area contributed by atoms with Crippen LogP contribution in [0.4, 0.5) is 12.0 Å². The Labute approximate surface area is 208 Å². The van der Waals surface area contributed by atoms with E-state index in [0.717, 1.165) is 11.0 Å². The van der Waals surface area contributed by atoms with Gasteiger partial charge < -0.3 is 29.5 Å². The lowest BCUT2D eigenvalue weighted by Crippen LogP contribution is -2.37. The van der Waals surface area contributed by atoms with Crippen LogP contribution in [0.2, 0.25) is 0 Å². The number of para-hydroxylation sites is 2. The molecule has 190 valence electrons. The number of nitrogens with zero attached hydrogens (tertiary/aromatic N) is 3. The molecule has 4 aromatic rings. The van der Waals surface area contributed by atoms with Crippen molar-refractivity contribution in [1.29, 1.82) is 0 Å². The molecule has 2 aromatic carbocycles. The minimum absolute atomic E-state index is 0.00960. The Kier molecular flexibility index (Phi) is 7.81.